The summed E-state index contributed by atoms with van der Waals surface area (Å²) in [5.74, 6) is -0.228. The molecule has 2 atom stereocenters. The maximum Gasteiger partial charge on any atom is 0.433 e. The molecule has 0 aliphatic carbocycles. The average molecular weight is 434 g/mol. The molecule has 2 heterocycles. The van der Waals surface area contributed by atoms with Gasteiger partial charge in [0, 0.05) is 30.5 Å². The minimum Gasteiger partial charge on any atom is -0.488 e. The summed E-state index contributed by atoms with van der Waals surface area (Å²) in [6.07, 6.45) is -9.60. The van der Waals surface area contributed by atoms with Crippen molar-refractivity contribution in [3.8, 4) is 5.75 Å². The first-order valence-corrected chi connectivity index (χ1v) is 9.70. The van der Waals surface area contributed by atoms with Crippen LogP contribution in [0.4, 0.5) is 26.3 Å². The molecular formula is C21H24F6N2O. The van der Waals surface area contributed by atoms with E-state index >= 15 is 0 Å². The highest BCUT2D eigenvalue weighted by molar-refractivity contribution is 5.88. The summed E-state index contributed by atoms with van der Waals surface area (Å²) < 4.78 is 86.2. The number of likely N-dealkylation sites (tertiary alicyclic amines) is 1. The van der Waals surface area contributed by atoms with E-state index in [1.165, 1.54) is 6.07 Å². The highest BCUT2D eigenvalue weighted by Crippen LogP contribution is 2.41. The third-order valence-corrected chi connectivity index (χ3v) is 5.46. The molecule has 3 rings (SSSR count). The van der Waals surface area contributed by atoms with E-state index in [9.17, 15) is 26.3 Å². The lowest BCUT2D eigenvalue weighted by molar-refractivity contribution is -0.142. The lowest BCUT2D eigenvalue weighted by Gasteiger charge is -2.33. The van der Waals surface area contributed by atoms with E-state index < -0.39 is 35.2 Å². The van der Waals surface area contributed by atoms with Crippen molar-refractivity contribution in [3.05, 3.63) is 35.5 Å². The molecule has 0 N–H and O–H groups in total. The van der Waals surface area contributed by atoms with Gasteiger partial charge in [0.05, 0.1) is 11.1 Å². The van der Waals surface area contributed by atoms with E-state index in [2.05, 4.69) is 30.7 Å². The maximum atomic E-state index is 13.4. The Morgan fingerprint density at radius 2 is 1.73 bits per heavy atom. The van der Waals surface area contributed by atoms with Gasteiger partial charge in [-0.1, -0.05) is 33.8 Å². The van der Waals surface area contributed by atoms with Crippen LogP contribution in [0.5, 0.6) is 5.75 Å². The van der Waals surface area contributed by atoms with Crippen molar-refractivity contribution < 1.29 is 31.1 Å². The van der Waals surface area contributed by atoms with Gasteiger partial charge in [0.2, 0.25) is 0 Å². The summed E-state index contributed by atoms with van der Waals surface area (Å²) in [6, 6.07) is 4.03. The molecule has 0 bridgehead atoms. The summed E-state index contributed by atoms with van der Waals surface area (Å²) in [4.78, 5) is 5.48. The molecule has 3 nitrogen and oxygen atoms in total. The molecule has 0 radical (unpaired) electrons. The average Bonchev–Trinajstić information content (AvgIpc) is 3.03. The van der Waals surface area contributed by atoms with Gasteiger partial charge in [-0.3, -0.25) is 4.90 Å². The van der Waals surface area contributed by atoms with Crippen molar-refractivity contribution in [3.63, 3.8) is 0 Å². The SMILES string of the molecule is CCN1CC(Oc2cc(C(F)(F)F)nc3c(C(F)(F)F)cccc23)CC1C(C)(C)C. The molecule has 1 aromatic carbocycles. The van der Waals surface area contributed by atoms with Crippen LogP contribution in [-0.2, 0) is 12.4 Å². The summed E-state index contributed by atoms with van der Waals surface area (Å²) in [6.45, 7) is 9.43. The van der Waals surface area contributed by atoms with E-state index in [0.717, 1.165) is 18.7 Å². The number of rotatable bonds is 3. The molecule has 0 saturated carbocycles. The Hall–Kier alpha value is -2.03. The van der Waals surface area contributed by atoms with Crippen LogP contribution in [0.25, 0.3) is 10.9 Å². The van der Waals surface area contributed by atoms with Gasteiger partial charge in [0.25, 0.3) is 0 Å². The topological polar surface area (TPSA) is 25.4 Å². The number of likely N-dealkylation sites (N-methyl/N-ethyl adjacent to an activating group) is 1. The molecule has 0 spiro atoms. The van der Waals surface area contributed by atoms with Crippen molar-refractivity contribution in [1.29, 1.82) is 0 Å². The van der Waals surface area contributed by atoms with Crippen LogP contribution < -0.4 is 4.74 Å². The quantitative estimate of drug-likeness (QED) is 0.541. The van der Waals surface area contributed by atoms with Crippen molar-refractivity contribution in [1.82, 2.24) is 9.88 Å². The Morgan fingerprint density at radius 1 is 1.07 bits per heavy atom. The molecule has 9 heteroatoms. The standard InChI is InChI=1S/C21H24F6N2O/c1-5-29-11-12(9-17(29)19(2,3)4)30-15-10-16(21(25,26)27)28-18-13(15)7-6-8-14(18)20(22,23)24/h6-8,10,12,17H,5,9,11H2,1-4H3. The fourth-order valence-electron chi connectivity index (χ4n) is 4.07. The number of alkyl halides is 6. The Balaban J connectivity index is 2.07. The summed E-state index contributed by atoms with van der Waals surface area (Å²) in [5, 5.41) is -0.0833. The second-order valence-corrected chi connectivity index (χ2v) is 8.65. The normalized spacial score (nSPS) is 21.4. The molecule has 1 fully saturated rings. The number of nitrogens with zero attached hydrogens (tertiary/aromatic N) is 2. The van der Waals surface area contributed by atoms with Gasteiger partial charge in [-0.15, -0.1) is 0 Å². The van der Waals surface area contributed by atoms with Gasteiger partial charge < -0.3 is 4.74 Å². The Kier molecular flexibility index (Phi) is 5.73. The lowest BCUT2D eigenvalue weighted by atomic mass is 9.85. The van der Waals surface area contributed by atoms with Crippen LogP contribution in [0.3, 0.4) is 0 Å². The van der Waals surface area contributed by atoms with E-state index in [-0.39, 0.29) is 22.6 Å². The van der Waals surface area contributed by atoms with Gasteiger partial charge >= 0.3 is 12.4 Å². The largest absolute Gasteiger partial charge is 0.488 e. The van der Waals surface area contributed by atoms with Gasteiger partial charge in [-0.2, -0.15) is 26.3 Å². The number of para-hydroxylation sites is 1. The van der Waals surface area contributed by atoms with Crippen LogP contribution in [0.1, 0.15) is 45.4 Å². The van der Waals surface area contributed by atoms with Gasteiger partial charge in [-0.05, 0) is 24.1 Å². The fraction of sp³-hybridized carbons (Fsp3) is 0.571. The predicted molar refractivity (Wildman–Crippen MR) is 101 cm³/mol. The van der Waals surface area contributed by atoms with E-state index in [0.29, 0.717) is 19.0 Å². The number of fused-ring (bicyclic) bond motifs is 1. The molecule has 166 valence electrons. The maximum absolute atomic E-state index is 13.4. The molecular weight excluding hydrogens is 410 g/mol. The zero-order chi connectivity index (χ0) is 22.5. The molecule has 1 aromatic heterocycles. The van der Waals surface area contributed by atoms with Crippen molar-refractivity contribution in [2.75, 3.05) is 13.1 Å². The van der Waals surface area contributed by atoms with Crippen LogP contribution >= 0.6 is 0 Å². The minimum atomic E-state index is -4.90. The number of hydrogen-bond donors (Lipinski definition) is 0. The number of pyridine rings is 1. The second kappa shape index (κ2) is 7.59. The summed E-state index contributed by atoms with van der Waals surface area (Å²) in [7, 11) is 0. The molecule has 1 aliphatic heterocycles. The zero-order valence-electron chi connectivity index (χ0n) is 17.2. The van der Waals surface area contributed by atoms with Crippen molar-refractivity contribution in [2.45, 2.75) is 58.6 Å². The molecule has 1 aliphatic rings. The van der Waals surface area contributed by atoms with Gasteiger partial charge in [0.15, 0.2) is 0 Å². The van der Waals surface area contributed by atoms with Gasteiger partial charge in [-0.25, -0.2) is 4.98 Å². The smallest absolute Gasteiger partial charge is 0.433 e. The summed E-state index contributed by atoms with van der Waals surface area (Å²) in [5.41, 5.74) is -3.45. The van der Waals surface area contributed by atoms with Crippen LogP contribution in [-0.4, -0.2) is 35.1 Å². The van der Waals surface area contributed by atoms with Crippen LogP contribution in [0.2, 0.25) is 0 Å². The second-order valence-electron chi connectivity index (χ2n) is 8.65. The third-order valence-electron chi connectivity index (χ3n) is 5.46. The first kappa shape index (κ1) is 22.7. The molecule has 2 unspecified atom stereocenters. The first-order valence-electron chi connectivity index (χ1n) is 9.70. The van der Waals surface area contributed by atoms with Crippen LogP contribution in [0.15, 0.2) is 24.3 Å². The first-order chi connectivity index (χ1) is 13.7. The summed E-state index contributed by atoms with van der Waals surface area (Å²) >= 11 is 0. The molecule has 1 saturated heterocycles. The molecule has 30 heavy (non-hydrogen) atoms. The predicted octanol–water partition coefficient (Wildman–Crippen LogP) is 6.16. The number of ether oxygens (including phenoxy) is 1. The number of halogens is 6. The van der Waals surface area contributed by atoms with E-state index in [4.69, 9.17) is 4.74 Å². The van der Waals surface area contributed by atoms with Crippen molar-refractivity contribution in [2.24, 2.45) is 5.41 Å². The lowest BCUT2D eigenvalue weighted by Crippen LogP contribution is -2.39. The highest BCUT2D eigenvalue weighted by Gasteiger charge is 2.41. The number of aromatic nitrogens is 1. The van der Waals surface area contributed by atoms with E-state index in [1.807, 2.05) is 6.92 Å². The highest BCUT2D eigenvalue weighted by atomic mass is 19.4. The fourth-order valence-corrected chi connectivity index (χ4v) is 4.07. The molecule has 0 amide bonds. The zero-order valence-corrected chi connectivity index (χ0v) is 17.2. The Morgan fingerprint density at radius 3 is 2.23 bits per heavy atom. The van der Waals surface area contributed by atoms with Crippen LogP contribution in [0, 0.1) is 5.41 Å². The van der Waals surface area contributed by atoms with Crippen molar-refractivity contribution >= 4 is 10.9 Å². The number of benzene rings is 1. The number of hydrogen-bond acceptors (Lipinski definition) is 3. The monoisotopic (exact) mass is 434 g/mol. The Bertz CT molecular complexity index is 917. The minimum absolute atomic E-state index is 0.0744. The third kappa shape index (κ3) is 4.50. The van der Waals surface area contributed by atoms with E-state index in [1.54, 1.807) is 0 Å². The Labute approximate surface area is 171 Å². The van der Waals surface area contributed by atoms with Gasteiger partial charge in [0.1, 0.15) is 17.5 Å². The molecule has 2 aromatic rings.